The second-order valence-electron chi connectivity index (χ2n) is 6.22. The van der Waals surface area contributed by atoms with Crippen LogP contribution in [0.2, 0.25) is 5.02 Å². The van der Waals surface area contributed by atoms with E-state index >= 15 is 0 Å². The van der Waals surface area contributed by atoms with Crippen molar-refractivity contribution in [2.24, 2.45) is 0 Å². The quantitative estimate of drug-likeness (QED) is 0.399. The standard InChI is InChI=1S/C22H14ClFO3S/c23-16-9-17(24)11-18(10-16)27-12-19-8-14-4-2-6-20(21(14)28-19)13-3-1-5-15(7-13)22(25)26/h1-11H,12H2,(H,25,26). The smallest absolute Gasteiger partial charge is 0.335 e. The van der Waals surface area contributed by atoms with E-state index in [0.29, 0.717) is 5.75 Å². The second kappa shape index (κ2) is 7.62. The molecule has 0 amide bonds. The predicted octanol–water partition coefficient (Wildman–Crippen LogP) is 6.64. The number of carbonyl (C=O) groups is 1. The van der Waals surface area contributed by atoms with Crippen molar-refractivity contribution in [3.8, 4) is 16.9 Å². The molecule has 0 radical (unpaired) electrons. The minimum absolute atomic E-state index is 0.248. The van der Waals surface area contributed by atoms with Gasteiger partial charge in [0.25, 0.3) is 0 Å². The summed E-state index contributed by atoms with van der Waals surface area (Å²) in [7, 11) is 0. The third kappa shape index (κ3) is 3.86. The van der Waals surface area contributed by atoms with E-state index in [1.807, 2.05) is 30.3 Å². The molecule has 6 heteroatoms. The van der Waals surface area contributed by atoms with Crippen molar-refractivity contribution in [3.05, 3.63) is 88.0 Å². The average molecular weight is 413 g/mol. The number of benzene rings is 3. The molecular weight excluding hydrogens is 399 g/mol. The minimum Gasteiger partial charge on any atom is -0.488 e. The maximum atomic E-state index is 13.4. The zero-order valence-corrected chi connectivity index (χ0v) is 16.1. The normalized spacial score (nSPS) is 10.9. The van der Waals surface area contributed by atoms with Gasteiger partial charge in [-0.05, 0) is 46.8 Å². The van der Waals surface area contributed by atoms with Gasteiger partial charge in [0.2, 0.25) is 0 Å². The number of rotatable bonds is 5. The highest BCUT2D eigenvalue weighted by Gasteiger charge is 2.11. The molecule has 0 aliphatic rings. The summed E-state index contributed by atoms with van der Waals surface area (Å²) in [6.07, 6.45) is 0. The predicted molar refractivity (Wildman–Crippen MR) is 110 cm³/mol. The summed E-state index contributed by atoms with van der Waals surface area (Å²) in [6.45, 7) is 0.285. The van der Waals surface area contributed by atoms with Crippen LogP contribution in [0, 0.1) is 5.82 Å². The largest absolute Gasteiger partial charge is 0.488 e. The third-order valence-electron chi connectivity index (χ3n) is 4.23. The molecule has 0 fully saturated rings. The van der Waals surface area contributed by atoms with Gasteiger partial charge in [0.05, 0.1) is 5.56 Å². The molecule has 0 bridgehead atoms. The fraction of sp³-hybridized carbons (Fsp3) is 0.0455. The molecule has 4 rings (SSSR count). The molecule has 0 saturated carbocycles. The molecule has 4 aromatic rings. The van der Waals surface area contributed by atoms with Gasteiger partial charge >= 0.3 is 5.97 Å². The molecule has 0 aliphatic heterocycles. The number of thiophene rings is 1. The van der Waals surface area contributed by atoms with Crippen LogP contribution in [0.15, 0.2) is 66.7 Å². The highest BCUT2D eigenvalue weighted by molar-refractivity contribution is 7.19. The summed E-state index contributed by atoms with van der Waals surface area (Å²) in [5, 5.41) is 10.6. The first-order chi connectivity index (χ1) is 13.5. The number of carboxylic acids is 1. The maximum Gasteiger partial charge on any atom is 0.335 e. The first-order valence-corrected chi connectivity index (χ1v) is 9.63. The SMILES string of the molecule is O=C(O)c1cccc(-c2cccc3cc(COc4cc(F)cc(Cl)c4)sc23)c1. The molecule has 1 heterocycles. The number of halogens is 2. The lowest BCUT2D eigenvalue weighted by Gasteiger charge is -2.05. The van der Waals surface area contributed by atoms with Gasteiger partial charge in [-0.15, -0.1) is 11.3 Å². The average Bonchev–Trinajstić information content (AvgIpc) is 3.09. The number of fused-ring (bicyclic) bond motifs is 1. The number of hydrogen-bond acceptors (Lipinski definition) is 3. The van der Waals surface area contributed by atoms with Crippen molar-refractivity contribution >= 4 is 39.0 Å². The lowest BCUT2D eigenvalue weighted by atomic mass is 10.0. The van der Waals surface area contributed by atoms with Gasteiger partial charge in [-0.25, -0.2) is 9.18 Å². The van der Waals surface area contributed by atoms with Crippen LogP contribution >= 0.6 is 22.9 Å². The van der Waals surface area contributed by atoms with Crippen LogP contribution in [-0.2, 0) is 6.61 Å². The molecule has 140 valence electrons. The first-order valence-electron chi connectivity index (χ1n) is 8.44. The fourth-order valence-electron chi connectivity index (χ4n) is 3.00. The molecule has 0 saturated heterocycles. The van der Waals surface area contributed by atoms with Gasteiger partial charge in [0.1, 0.15) is 18.2 Å². The number of hydrogen-bond donors (Lipinski definition) is 1. The Bertz CT molecular complexity index is 1170. The molecule has 1 aromatic heterocycles. The van der Waals surface area contributed by atoms with Crippen molar-refractivity contribution in [1.29, 1.82) is 0 Å². The summed E-state index contributed by atoms with van der Waals surface area (Å²) in [5.41, 5.74) is 2.06. The van der Waals surface area contributed by atoms with Crippen LogP contribution in [0.5, 0.6) is 5.75 Å². The Labute approximate surface area is 169 Å². The van der Waals surface area contributed by atoms with Crippen LogP contribution < -0.4 is 4.74 Å². The van der Waals surface area contributed by atoms with Crippen molar-refractivity contribution in [2.75, 3.05) is 0 Å². The molecule has 3 aromatic carbocycles. The summed E-state index contributed by atoms with van der Waals surface area (Å²) in [5.74, 6) is -1.03. The lowest BCUT2D eigenvalue weighted by molar-refractivity contribution is 0.0697. The van der Waals surface area contributed by atoms with Crippen molar-refractivity contribution < 1.29 is 19.0 Å². The van der Waals surface area contributed by atoms with Crippen molar-refractivity contribution in [1.82, 2.24) is 0 Å². The van der Waals surface area contributed by atoms with Crippen molar-refractivity contribution in [3.63, 3.8) is 0 Å². The Balaban J connectivity index is 1.65. The van der Waals surface area contributed by atoms with E-state index < -0.39 is 11.8 Å². The Hall–Kier alpha value is -2.89. The Morgan fingerprint density at radius 1 is 1.07 bits per heavy atom. The molecule has 3 nitrogen and oxygen atoms in total. The summed E-state index contributed by atoms with van der Waals surface area (Å²) in [6, 6.07) is 18.9. The molecule has 0 unspecified atom stereocenters. The lowest BCUT2D eigenvalue weighted by Crippen LogP contribution is -1.95. The van der Waals surface area contributed by atoms with Gasteiger partial charge in [-0.1, -0.05) is 41.9 Å². The Morgan fingerprint density at radius 3 is 2.68 bits per heavy atom. The zero-order valence-electron chi connectivity index (χ0n) is 14.5. The van der Waals surface area contributed by atoms with E-state index in [2.05, 4.69) is 0 Å². The van der Waals surface area contributed by atoms with E-state index in [-0.39, 0.29) is 17.2 Å². The van der Waals surface area contributed by atoms with Gasteiger partial charge in [0, 0.05) is 20.7 Å². The van der Waals surface area contributed by atoms with Crippen LogP contribution in [0.1, 0.15) is 15.2 Å². The van der Waals surface area contributed by atoms with Gasteiger partial charge in [0.15, 0.2) is 0 Å². The first kappa shape index (κ1) is 18.5. The van der Waals surface area contributed by atoms with Gasteiger partial charge in [-0.3, -0.25) is 0 Å². The number of carboxylic acid groups (broad SMARTS) is 1. The molecule has 0 aliphatic carbocycles. The topological polar surface area (TPSA) is 46.5 Å². The Morgan fingerprint density at radius 2 is 1.89 bits per heavy atom. The highest BCUT2D eigenvalue weighted by atomic mass is 35.5. The van der Waals surface area contributed by atoms with Gasteiger partial charge in [-0.2, -0.15) is 0 Å². The van der Waals surface area contributed by atoms with E-state index in [1.165, 1.54) is 12.1 Å². The monoisotopic (exact) mass is 412 g/mol. The molecule has 1 N–H and O–H groups in total. The van der Waals surface area contributed by atoms with E-state index in [9.17, 15) is 14.3 Å². The number of ether oxygens (including phenoxy) is 1. The van der Waals surface area contributed by atoms with Crippen LogP contribution in [0.25, 0.3) is 21.2 Å². The zero-order chi connectivity index (χ0) is 19.7. The van der Waals surface area contributed by atoms with Crippen LogP contribution in [-0.4, -0.2) is 11.1 Å². The van der Waals surface area contributed by atoms with Crippen molar-refractivity contribution in [2.45, 2.75) is 6.61 Å². The number of aromatic carboxylic acids is 1. The fourth-order valence-corrected chi connectivity index (χ4v) is 4.32. The Kier molecular flexibility index (Phi) is 5.03. The summed E-state index contributed by atoms with van der Waals surface area (Å²) in [4.78, 5) is 12.2. The van der Waals surface area contributed by atoms with Crippen LogP contribution in [0.3, 0.4) is 0 Å². The van der Waals surface area contributed by atoms with Gasteiger partial charge < -0.3 is 9.84 Å². The maximum absolute atomic E-state index is 13.4. The van der Waals surface area contributed by atoms with E-state index in [1.54, 1.807) is 35.6 Å². The molecule has 0 spiro atoms. The third-order valence-corrected chi connectivity index (χ3v) is 5.61. The second-order valence-corrected chi connectivity index (χ2v) is 7.79. The summed E-state index contributed by atoms with van der Waals surface area (Å²) < 4.78 is 20.2. The highest BCUT2D eigenvalue weighted by Crippen LogP contribution is 2.36. The van der Waals surface area contributed by atoms with Crippen LogP contribution in [0.4, 0.5) is 4.39 Å². The van der Waals surface area contributed by atoms with E-state index in [4.69, 9.17) is 16.3 Å². The molecule has 28 heavy (non-hydrogen) atoms. The minimum atomic E-state index is -0.956. The molecular formula is C22H14ClFO3S. The molecule has 0 atom stereocenters. The van der Waals surface area contributed by atoms with E-state index in [0.717, 1.165) is 26.1 Å². The summed E-state index contributed by atoms with van der Waals surface area (Å²) >= 11 is 7.42.